The number of nitrogens with one attached hydrogen (secondary N) is 1. The number of benzene rings is 3. The third-order valence-electron chi connectivity index (χ3n) is 5.12. The summed E-state index contributed by atoms with van der Waals surface area (Å²) in [4.78, 5) is 36.7. The smallest absolute Gasteiger partial charge is 0.333 e. The third-order valence-corrected chi connectivity index (χ3v) is 5.63. The topological polar surface area (TPSA) is 111 Å². The number of carbonyl (C=O) groups excluding carboxylic acids is 2. The van der Waals surface area contributed by atoms with Crippen molar-refractivity contribution >= 4 is 52.6 Å². The molecule has 0 aliphatic carbocycles. The number of hydrogen-bond donors (Lipinski definition) is 1. The molecule has 9 nitrogen and oxygen atoms in total. The third kappa shape index (κ3) is 5.42. The summed E-state index contributed by atoms with van der Waals surface area (Å²) >= 11 is 12.5. The number of nitro benzene ring substituents is 1. The maximum atomic E-state index is 12.9. The van der Waals surface area contributed by atoms with E-state index < -0.39 is 16.9 Å². The number of imide groups is 1. The first kappa shape index (κ1) is 25.0. The van der Waals surface area contributed by atoms with Crippen LogP contribution in [0, 0.1) is 10.1 Å². The monoisotopic (exact) mass is 527 g/mol. The molecule has 1 aliphatic heterocycles. The average Bonchev–Trinajstić information content (AvgIpc) is 3.11. The normalized spacial score (nSPS) is 14.2. The fourth-order valence-corrected chi connectivity index (χ4v) is 3.95. The molecule has 3 aromatic carbocycles. The molecule has 11 heteroatoms. The van der Waals surface area contributed by atoms with Gasteiger partial charge in [0.1, 0.15) is 12.3 Å². The molecule has 0 unspecified atom stereocenters. The zero-order valence-corrected chi connectivity index (χ0v) is 20.4. The minimum atomic E-state index is -0.604. The van der Waals surface area contributed by atoms with Gasteiger partial charge in [0.25, 0.3) is 11.6 Å². The summed E-state index contributed by atoms with van der Waals surface area (Å²) in [6, 6.07) is 15.0. The van der Waals surface area contributed by atoms with Gasteiger partial charge in [0, 0.05) is 17.2 Å². The molecule has 1 fully saturated rings. The molecular weight excluding hydrogens is 509 g/mol. The van der Waals surface area contributed by atoms with E-state index in [1.54, 1.807) is 49.4 Å². The molecular formula is C25H19Cl2N3O6. The molecule has 0 aromatic heterocycles. The number of nitrogens with zero attached hydrogens (tertiary/aromatic N) is 2. The molecule has 0 spiro atoms. The lowest BCUT2D eigenvalue weighted by Gasteiger charge is -2.15. The van der Waals surface area contributed by atoms with Crippen molar-refractivity contribution < 1.29 is 24.0 Å². The van der Waals surface area contributed by atoms with Gasteiger partial charge in [-0.15, -0.1) is 0 Å². The lowest BCUT2D eigenvalue weighted by Crippen LogP contribution is -2.30. The first-order valence-corrected chi connectivity index (χ1v) is 11.5. The van der Waals surface area contributed by atoms with Gasteiger partial charge in [0.2, 0.25) is 0 Å². The SMILES string of the molecule is CCOc1cc(/C=C2/NC(=O)N(c3cccc(Cl)c3)C2=O)cc(Cl)c1OCc1ccc([N+](=O)[O-])cc1. The van der Waals surface area contributed by atoms with Crippen molar-refractivity contribution in [1.29, 1.82) is 0 Å². The highest BCUT2D eigenvalue weighted by atomic mass is 35.5. The maximum absolute atomic E-state index is 12.9. The van der Waals surface area contributed by atoms with E-state index in [-0.39, 0.29) is 28.8 Å². The summed E-state index contributed by atoms with van der Waals surface area (Å²) < 4.78 is 11.5. The summed E-state index contributed by atoms with van der Waals surface area (Å²) in [5, 5.41) is 14.0. The highest BCUT2D eigenvalue weighted by Crippen LogP contribution is 2.38. The Balaban J connectivity index is 1.57. The van der Waals surface area contributed by atoms with Gasteiger partial charge in [-0.3, -0.25) is 14.9 Å². The summed E-state index contributed by atoms with van der Waals surface area (Å²) in [7, 11) is 0. The zero-order chi connectivity index (χ0) is 25.8. The summed E-state index contributed by atoms with van der Waals surface area (Å²) in [5.41, 5.74) is 1.58. The lowest BCUT2D eigenvalue weighted by molar-refractivity contribution is -0.384. The van der Waals surface area contributed by atoms with Gasteiger partial charge in [0.15, 0.2) is 11.5 Å². The molecule has 0 bridgehead atoms. The van der Waals surface area contributed by atoms with Crippen molar-refractivity contribution in [2.24, 2.45) is 0 Å². The zero-order valence-electron chi connectivity index (χ0n) is 18.9. The van der Waals surface area contributed by atoms with Crippen LogP contribution in [0.25, 0.3) is 6.08 Å². The van der Waals surface area contributed by atoms with E-state index in [2.05, 4.69) is 5.32 Å². The van der Waals surface area contributed by atoms with Gasteiger partial charge in [-0.05, 0) is 66.6 Å². The van der Waals surface area contributed by atoms with Crippen LogP contribution in [0.1, 0.15) is 18.1 Å². The number of halogens is 2. The second kappa shape index (κ2) is 10.7. The van der Waals surface area contributed by atoms with Crippen molar-refractivity contribution in [1.82, 2.24) is 5.32 Å². The largest absolute Gasteiger partial charge is 0.490 e. The predicted octanol–water partition coefficient (Wildman–Crippen LogP) is 5.98. The van der Waals surface area contributed by atoms with E-state index in [1.165, 1.54) is 24.3 Å². The van der Waals surface area contributed by atoms with Crippen molar-refractivity contribution in [3.8, 4) is 11.5 Å². The van der Waals surface area contributed by atoms with Gasteiger partial charge in [-0.2, -0.15) is 0 Å². The molecule has 0 saturated carbocycles. The Kier molecular flexibility index (Phi) is 7.42. The minimum absolute atomic E-state index is 0.0216. The van der Waals surface area contributed by atoms with E-state index >= 15 is 0 Å². The van der Waals surface area contributed by atoms with Gasteiger partial charge >= 0.3 is 6.03 Å². The number of anilines is 1. The lowest BCUT2D eigenvalue weighted by atomic mass is 10.1. The summed E-state index contributed by atoms with van der Waals surface area (Å²) in [6.07, 6.45) is 1.49. The number of hydrogen-bond acceptors (Lipinski definition) is 6. The van der Waals surface area contributed by atoms with Crippen LogP contribution in [-0.4, -0.2) is 23.5 Å². The number of rotatable bonds is 8. The Morgan fingerprint density at radius 2 is 1.81 bits per heavy atom. The molecule has 4 rings (SSSR count). The molecule has 3 aromatic rings. The van der Waals surface area contributed by atoms with Crippen molar-refractivity contribution in [2.75, 3.05) is 11.5 Å². The number of carbonyl (C=O) groups is 2. The molecule has 1 heterocycles. The Labute approximate surface area is 216 Å². The molecule has 1 saturated heterocycles. The van der Waals surface area contributed by atoms with Crippen LogP contribution < -0.4 is 19.7 Å². The molecule has 0 atom stereocenters. The predicted molar refractivity (Wildman–Crippen MR) is 135 cm³/mol. The Morgan fingerprint density at radius 1 is 1.06 bits per heavy atom. The van der Waals surface area contributed by atoms with E-state index in [0.29, 0.717) is 34.2 Å². The van der Waals surface area contributed by atoms with Crippen molar-refractivity contribution in [3.63, 3.8) is 0 Å². The number of nitro groups is 1. The van der Waals surface area contributed by atoms with Gasteiger partial charge in [0.05, 0.1) is 22.2 Å². The van der Waals surface area contributed by atoms with Crippen LogP contribution in [0.4, 0.5) is 16.2 Å². The first-order chi connectivity index (χ1) is 17.3. The van der Waals surface area contributed by atoms with E-state index in [0.717, 1.165) is 4.90 Å². The van der Waals surface area contributed by atoms with Gasteiger partial charge in [-0.25, -0.2) is 9.69 Å². The van der Waals surface area contributed by atoms with Crippen LogP contribution in [0.15, 0.2) is 66.4 Å². The standard InChI is InChI=1S/C25H19Cl2N3O6/c1-2-35-22-12-16(10-20(27)23(22)36-14-15-6-8-18(9-7-15)30(33)34)11-21-24(31)29(25(32)28-21)19-5-3-4-17(26)13-19/h3-13H,2,14H2,1H3,(H,28,32)/b21-11+. The second-order valence-electron chi connectivity index (χ2n) is 7.58. The van der Waals surface area contributed by atoms with Gasteiger partial charge in [-0.1, -0.05) is 29.3 Å². The van der Waals surface area contributed by atoms with Crippen molar-refractivity contribution in [2.45, 2.75) is 13.5 Å². The highest BCUT2D eigenvalue weighted by molar-refractivity contribution is 6.33. The van der Waals surface area contributed by atoms with E-state index in [4.69, 9.17) is 32.7 Å². The maximum Gasteiger partial charge on any atom is 0.333 e. The number of ether oxygens (including phenoxy) is 2. The molecule has 1 aliphatic rings. The highest BCUT2D eigenvalue weighted by Gasteiger charge is 2.35. The number of urea groups is 1. The van der Waals surface area contributed by atoms with Crippen LogP contribution in [-0.2, 0) is 11.4 Å². The Hall–Kier alpha value is -4.08. The number of amides is 3. The molecule has 0 radical (unpaired) electrons. The Bertz CT molecular complexity index is 1370. The van der Waals surface area contributed by atoms with Crippen molar-refractivity contribution in [3.05, 3.63) is 97.6 Å². The van der Waals surface area contributed by atoms with Gasteiger partial charge < -0.3 is 14.8 Å². The summed E-state index contributed by atoms with van der Waals surface area (Å²) in [6.45, 7) is 2.21. The average molecular weight is 528 g/mol. The quantitative estimate of drug-likeness (QED) is 0.167. The van der Waals surface area contributed by atoms with E-state index in [9.17, 15) is 19.7 Å². The second-order valence-corrected chi connectivity index (χ2v) is 8.43. The van der Waals surface area contributed by atoms with Crippen LogP contribution >= 0.6 is 23.2 Å². The Morgan fingerprint density at radius 3 is 2.47 bits per heavy atom. The fourth-order valence-electron chi connectivity index (χ4n) is 3.50. The molecule has 36 heavy (non-hydrogen) atoms. The van der Waals surface area contributed by atoms with Crippen LogP contribution in [0.2, 0.25) is 10.0 Å². The molecule has 3 amide bonds. The van der Waals surface area contributed by atoms with Crippen LogP contribution in [0.5, 0.6) is 11.5 Å². The molecule has 1 N–H and O–H groups in total. The first-order valence-electron chi connectivity index (χ1n) is 10.7. The van der Waals surface area contributed by atoms with Crippen LogP contribution in [0.3, 0.4) is 0 Å². The number of non-ortho nitro benzene ring substituents is 1. The minimum Gasteiger partial charge on any atom is -0.490 e. The van der Waals surface area contributed by atoms with E-state index in [1.807, 2.05) is 0 Å². The molecule has 184 valence electrons. The summed E-state index contributed by atoms with van der Waals surface area (Å²) in [5.74, 6) is 0.0680. The fraction of sp³-hybridized carbons (Fsp3) is 0.120.